The highest BCUT2D eigenvalue weighted by Gasteiger charge is 2.10. The first-order valence-corrected chi connectivity index (χ1v) is 8.27. The maximum atomic E-state index is 10.6. The highest BCUT2D eigenvalue weighted by atomic mass is 16.3. The monoisotopic (exact) mass is 324 g/mol. The van der Waals surface area contributed by atoms with Gasteiger partial charge in [0.25, 0.3) is 0 Å². The van der Waals surface area contributed by atoms with Gasteiger partial charge in [-0.05, 0) is 36.4 Å². The van der Waals surface area contributed by atoms with Crippen molar-refractivity contribution in [2.45, 2.75) is 0 Å². The van der Waals surface area contributed by atoms with E-state index in [1.54, 1.807) is 0 Å². The van der Waals surface area contributed by atoms with Crippen molar-refractivity contribution in [3.05, 3.63) is 78.9 Å². The Balaban J connectivity index is 1.59. The van der Waals surface area contributed by atoms with Crippen molar-refractivity contribution >= 4 is 21.8 Å². The van der Waals surface area contributed by atoms with Gasteiger partial charge in [0.05, 0.1) is 5.69 Å². The molecule has 0 fully saturated rings. The topological polar surface area (TPSA) is 51.8 Å². The Kier molecular flexibility index (Phi) is 2.94. The number of rotatable bonds is 2. The normalized spacial score (nSPS) is 11.4. The van der Waals surface area contributed by atoms with Gasteiger partial charge in [-0.25, -0.2) is 0 Å². The smallest absolute Gasteiger partial charge is 0.125 e. The van der Waals surface area contributed by atoms with E-state index >= 15 is 0 Å². The molecule has 0 aliphatic carbocycles. The number of H-pyrrole nitrogens is 2. The second-order valence-corrected chi connectivity index (χ2v) is 6.27. The van der Waals surface area contributed by atoms with Crippen LogP contribution in [0.1, 0.15) is 0 Å². The van der Waals surface area contributed by atoms with Crippen LogP contribution in [0.2, 0.25) is 0 Å². The van der Waals surface area contributed by atoms with Crippen molar-refractivity contribution < 1.29 is 5.11 Å². The van der Waals surface area contributed by atoms with Gasteiger partial charge in [-0.15, -0.1) is 0 Å². The summed E-state index contributed by atoms with van der Waals surface area (Å²) in [6.45, 7) is 0. The van der Waals surface area contributed by atoms with Crippen molar-refractivity contribution in [1.82, 2.24) is 9.97 Å². The third-order valence-electron chi connectivity index (χ3n) is 4.66. The highest BCUT2D eigenvalue weighted by Crippen LogP contribution is 2.35. The Hall–Kier alpha value is -3.46. The Bertz CT molecular complexity index is 1150. The number of nitrogens with one attached hydrogen (secondary N) is 2. The second kappa shape index (κ2) is 5.28. The third kappa shape index (κ3) is 2.29. The molecule has 2 aromatic heterocycles. The van der Waals surface area contributed by atoms with E-state index in [9.17, 15) is 5.11 Å². The number of hydrogen-bond acceptors (Lipinski definition) is 1. The summed E-state index contributed by atoms with van der Waals surface area (Å²) in [5.41, 5.74) is 5.85. The molecule has 0 saturated carbocycles. The van der Waals surface area contributed by atoms with E-state index in [0.29, 0.717) is 0 Å². The van der Waals surface area contributed by atoms with Crippen LogP contribution in [0.4, 0.5) is 0 Å². The number of phenolic OH excluding ortho intramolecular Hbond substituents is 1. The van der Waals surface area contributed by atoms with Gasteiger partial charge in [-0.1, -0.05) is 42.5 Å². The molecule has 3 N–H and O–H groups in total. The van der Waals surface area contributed by atoms with Crippen LogP contribution < -0.4 is 0 Å². The van der Waals surface area contributed by atoms with E-state index in [2.05, 4.69) is 40.3 Å². The van der Waals surface area contributed by atoms with E-state index in [1.807, 2.05) is 48.5 Å². The molecule has 5 rings (SSSR count). The number of aromatic amines is 2. The second-order valence-electron chi connectivity index (χ2n) is 6.27. The number of hydrogen-bond donors (Lipinski definition) is 3. The fraction of sp³-hybridized carbons (Fsp3) is 0. The van der Waals surface area contributed by atoms with Crippen molar-refractivity contribution in [3.8, 4) is 28.3 Å². The largest absolute Gasteiger partial charge is 0.507 e. The van der Waals surface area contributed by atoms with E-state index in [4.69, 9.17) is 0 Å². The van der Waals surface area contributed by atoms with E-state index < -0.39 is 0 Å². The molecule has 0 aliphatic heterocycles. The lowest BCUT2D eigenvalue weighted by atomic mass is 10.1. The predicted octanol–water partition coefficient (Wildman–Crippen LogP) is 5.69. The van der Waals surface area contributed by atoms with E-state index in [-0.39, 0.29) is 5.75 Å². The molecule has 25 heavy (non-hydrogen) atoms. The molecule has 0 unspecified atom stereocenters. The van der Waals surface area contributed by atoms with Crippen LogP contribution in [0.25, 0.3) is 44.3 Å². The summed E-state index contributed by atoms with van der Waals surface area (Å²) in [6.07, 6.45) is 0. The predicted molar refractivity (Wildman–Crippen MR) is 103 cm³/mol. The summed E-state index contributed by atoms with van der Waals surface area (Å²) in [5.74, 6) is 0.266. The van der Waals surface area contributed by atoms with Crippen LogP contribution in [0.15, 0.2) is 78.9 Å². The van der Waals surface area contributed by atoms with Crippen molar-refractivity contribution in [2.24, 2.45) is 0 Å². The third-order valence-corrected chi connectivity index (χ3v) is 4.66. The Morgan fingerprint density at radius 2 is 1.20 bits per heavy atom. The molecule has 2 heterocycles. The Morgan fingerprint density at radius 1 is 0.600 bits per heavy atom. The first-order chi connectivity index (χ1) is 12.3. The summed E-state index contributed by atoms with van der Waals surface area (Å²) in [4.78, 5) is 6.77. The average molecular weight is 324 g/mol. The number of aromatic nitrogens is 2. The molecule has 120 valence electrons. The maximum absolute atomic E-state index is 10.6. The van der Waals surface area contributed by atoms with Crippen molar-refractivity contribution in [2.75, 3.05) is 0 Å². The molecule has 3 aromatic carbocycles. The lowest BCUT2D eigenvalue weighted by molar-refractivity contribution is 0.477. The van der Waals surface area contributed by atoms with Crippen molar-refractivity contribution in [3.63, 3.8) is 0 Å². The molecule has 0 spiro atoms. The van der Waals surface area contributed by atoms with Gasteiger partial charge in [0.1, 0.15) is 5.75 Å². The molecular formula is C22H16N2O. The first kappa shape index (κ1) is 13.9. The average Bonchev–Trinajstić information content (AvgIpc) is 3.25. The Labute approximate surface area is 144 Å². The lowest BCUT2D eigenvalue weighted by Gasteiger charge is -2.05. The molecule has 0 aliphatic rings. The molecule has 3 heteroatoms. The van der Waals surface area contributed by atoms with Gasteiger partial charge in [0.15, 0.2) is 0 Å². The fourth-order valence-corrected chi connectivity index (χ4v) is 3.37. The summed E-state index contributed by atoms with van der Waals surface area (Å²) >= 11 is 0. The number of phenols is 1. The van der Waals surface area contributed by atoms with Crippen molar-refractivity contribution in [1.29, 1.82) is 0 Å². The summed E-state index contributed by atoms with van der Waals surface area (Å²) in [5, 5.41) is 12.9. The maximum Gasteiger partial charge on any atom is 0.125 e. The standard InChI is InChI=1S/C22H16N2O/c25-22-13-16(20-11-14-5-1-3-7-18(14)23-20)9-10-17(22)21-12-15-6-2-4-8-19(15)24-21/h1-13,23-25H. The fourth-order valence-electron chi connectivity index (χ4n) is 3.37. The van der Waals surface area contributed by atoms with Gasteiger partial charge >= 0.3 is 0 Å². The number of aromatic hydroxyl groups is 1. The van der Waals surface area contributed by atoms with Gasteiger partial charge in [0.2, 0.25) is 0 Å². The first-order valence-electron chi connectivity index (χ1n) is 8.27. The van der Waals surface area contributed by atoms with Crippen LogP contribution in [0, 0.1) is 0 Å². The zero-order valence-electron chi connectivity index (χ0n) is 13.5. The van der Waals surface area contributed by atoms with E-state index in [1.165, 1.54) is 0 Å². The van der Waals surface area contributed by atoms with Gasteiger partial charge in [-0.2, -0.15) is 0 Å². The molecule has 0 atom stereocenters. The van der Waals surface area contributed by atoms with Crippen LogP contribution in [-0.4, -0.2) is 15.1 Å². The van der Waals surface area contributed by atoms with Crippen LogP contribution in [-0.2, 0) is 0 Å². The zero-order chi connectivity index (χ0) is 16.8. The quantitative estimate of drug-likeness (QED) is 0.384. The van der Waals surface area contributed by atoms with E-state index in [0.717, 1.165) is 44.3 Å². The molecule has 0 radical (unpaired) electrons. The summed E-state index contributed by atoms with van der Waals surface area (Å²) in [7, 11) is 0. The zero-order valence-corrected chi connectivity index (χ0v) is 13.5. The highest BCUT2D eigenvalue weighted by molar-refractivity contribution is 5.89. The SMILES string of the molecule is Oc1cc(-c2cc3ccccc3[nH]2)ccc1-c1cc2ccccc2[nH]1. The van der Waals surface area contributed by atoms with Gasteiger partial charge in [0, 0.05) is 38.6 Å². The minimum Gasteiger partial charge on any atom is -0.507 e. The molecule has 3 nitrogen and oxygen atoms in total. The number of benzene rings is 3. The Morgan fingerprint density at radius 3 is 1.84 bits per heavy atom. The van der Waals surface area contributed by atoms with Crippen LogP contribution >= 0.6 is 0 Å². The lowest BCUT2D eigenvalue weighted by Crippen LogP contribution is -1.82. The molecule has 0 saturated heterocycles. The molecular weight excluding hydrogens is 308 g/mol. The minimum atomic E-state index is 0.266. The molecule has 0 amide bonds. The molecule has 0 bridgehead atoms. The van der Waals surface area contributed by atoms with Gasteiger partial charge < -0.3 is 15.1 Å². The van der Waals surface area contributed by atoms with Crippen LogP contribution in [0.5, 0.6) is 5.75 Å². The minimum absolute atomic E-state index is 0.266. The number of para-hydroxylation sites is 2. The summed E-state index contributed by atoms with van der Waals surface area (Å²) < 4.78 is 0. The van der Waals surface area contributed by atoms with Gasteiger partial charge in [-0.3, -0.25) is 0 Å². The van der Waals surface area contributed by atoms with Crippen LogP contribution in [0.3, 0.4) is 0 Å². The summed E-state index contributed by atoms with van der Waals surface area (Å²) in [6, 6.07) is 26.2. The molecule has 5 aromatic rings. The number of fused-ring (bicyclic) bond motifs is 2.